The van der Waals surface area contributed by atoms with E-state index in [9.17, 15) is 8.42 Å². The molecule has 7 heteroatoms. The van der Waals surface area contributed by atoms with Gasteiger partial charge in [-0.1, -0.05) is 6.07 Å². The van der Waals surface area contributed by atoms with Crippen LogP contribution in [0.1, 0.15) is 12.8 Å². The van der Waals surface area contributed by atoms with Gasteiger partial charge in [0.15, 0.2) is 0 Å². The zero-order valence-electron chi connectivity index (χ0n) is 16.4. The van der Waals surface area contributed by atoms with Crippen LogP contribution in [0.25, 0.3) is 10.9 Å². The maximum Gasteiger partial charge on any atom is 0.268 e. The van der Waals surface area contributed by atoms with Crippen molar-refractivity contribution in [2.75, 3.05) is 49.1 Å². The molecule has 2 aliphatic heterocycles. The molecule has 0 aliphatic carbocycles. The van der Waals surface area contributed by atoms with Gasteiger partial charge in [-0.3, -0.25) is 0 Å². The Hall–Kier alpha value is -2.51. The van der Waals surface area contributed by atoms with E-state index in [2.05, 4.69) is 21.2 Å². The molecule has 0 atom stereocenters. The normalized spacial score (nSPS) is 17.9. The van der Waals surface area contributed by atoms with Crippen molar-refractivity contribution in [2.45, 2.75) is 17.7 Å². The maximum absolute atomic E-state index is 13.4. The Morgan fingerprint density at radius 3 is 2.24 bits per heavy atom. The summed E-state index contributed by atoms with van der Waals surface area (Å²) in [6, 6.07) is 15.1. The van der Waals surface area contributed by atoms with E-state index in [4.69, 9.17) is 0 Å². The first-order valence-electron chi connectivity index (χ1n) is 10.3. The first-order chi connectivity index (χ1) is 14.1. The fraction of sp³-hybridized carbons (Fsp3) is 0.364. The van der Waals surface area contributed by atoms with Crippen LogP contribution in [0.4, 0.5) is 11.4 Å². The molecule has 0 amide bonds. The molecule has 0 spiro atoms. The molecule has 2 saturated heterocycles. The number of anilines is 2. The number of aromatic nitrogens is 1. The van der Waals surface area contributed by atoms with Gasteiger partial charge in [0.05, 0.1) is 10.4 Å². The molecule has 152 valence electrons. The fourth-order valence-corrected chi connectivity index (χ4v) is 5.78. The molecule has 1 N–H and O–H groups in total. The molecular formula is C22H26N4O2S. The van der Waals surface area contributed by atoms with Crippen molar-refractivity contribution >= 4 is 32.3 Å². The van der Waals surface area contributed by atoms with Crippen molar-refractivity contribution in [2.24, 2.45) is 0 Å². The van der Waals surface area contributed by atoms with Crippen molar-refractivity contribution in [3.05, 3.63) is 54.7 Å². The first-order valence-corrected chi connectivity index (χ1v) is 11.7. The average Bonchev–Trinajstić information content (AvgIpc) is 3.45. The minimum Gasteiger partial charge on any atom is -0.372 e. The lowest BCUT2D eigenvalue weighted by atomic mass is 10.2. The van der Waals surface area contributed by atoms with E-state index in [0.717, 1.165) is 61.5 Å². The van der Waals surface area contributed by atoms with Gasteiger partial charge in [0.2, 0.25) is 0 Å². The van der Waals surface area contributed by atoms with Gasteiger partial charge < -0.3 is 15.1 Å². The Morgan fingerprint density at radius 1 is 0.793 bits per heavy atom. The smallest absolute Gasteiger partial charge is 0.268 e. The molecule has 0 bridgehead atoms. The molecule has 0 unspecified atom stereocenters. The Labute approximate surface area is 171 Å². The highest BCUT2D eigenvalue weighted by molar-refractivity contribution is 7.90. The molecule has 6 nitrogen and oxygen atoms in total. The van der Waals surface area contributed by atoms with Crippen LogP contribution in [0, 0.1) is 0 Å². The number of hydrogen-bond donors (Lipinski definition) is 1. The van der Waals surface area contributed by atoms with Crippen LogP contribution in [-0.4, -0.2) is 51.7 Å². The molecule has 5 rings (SSSR count). The summed E-state index contributed by atoms with van der Waals surface area (Å²) in [4.78, 5) is 4.95. The highest BCUT2D eigenvalue weighted by Gasteiger charge is 2.22. The second-order valence-corrected chi connectivity index (χ2v) is 9.57. The predicted octanol–water partition coefficient (Wildman–Crippen LogP) is 2.89. The van der Waals surface area contributed by atoms with Crippen LogP contribution in [0.2, 0.25) is 0 Å². The molecular weight excluding hydrogens is 384 g/mol. The zero-order chi connectivity index (χ0) is 19.8. The number of rotatable bonds is 4. The highest BCUT2D eigenvalue weighted by Crippen LogP contribution is 2.31. The van der Waals surface area contributed by atoms with Gasteiger partial charge in [0.1, 0.15) is 0 Å². The largest absolute Gasteiger partial charge is 0.372 e. The Balaban J connectivity index is 1.51. The van der Waals surface area contributed by atoms with Gasteiger partial charge in [-0.2, -0.15) is 0 Å². The van der Waals surface area contributed by atoms with Gasteiger partial charge in [0.25, 0.3) is 10.0 Å². The molecule has 2 aromatic carbocycles. The lowest BCUT2D eigenvalue weighted by Gasteiger charge is -2.30. The summed E-state index contributed by atoms with van der Waals surface area (Å²) in [5.74, 6) is 0. The second-order valence-electron chi connectivity index (χ2n) is 7.75. The lowest BCUT2D eigenvalue weighted by Crippen LogP contribution is -2.43. The van der Waals surface area contributed by atoms with Crippen LogP contribution < -0.4 is 15.1 Å². The Bertz CT molecular complexity index is 1110. The van der Waals surface area contributed by atoms with Crippen molar-refractivity contribution in [3.8, 4) is 0 Å². The van der Waals surface area contributed by atoms with Gasteiger partial charge >= 0.3 is 0 Å². The van der Waals surface area contributed by atoms with E-state index < -0.39 is 10.0 Å². The van der Waals surface area contributed by atoms with Crippen molar-refractivity contribution < 1.29 is 8.42 Å². The number of nitrogens with one attached hydrogen (secondary N) is 1. The van der Waals surface area contributed by atoms with Crippen molar-refractivity contribution in [1.29, 1.82) is 0 Å². The van der Waals surface area contributed by atoms with Crippen molar-refractivity contribution in [3.63, 3.8) is 0 Å². The number of nitrogens with zero attached hydrogens (tertiary/aromatic N) is 3. The van der Waals surface area contributed by atoms with Gasteiger partial charge in [-0.15, -0.1) is 0 Å². The summed E-state index contributed by atoms with van der Waals surface area (Å²) < 4.78 is 28.1. The summed E-state index contributed by atoms with van der Waals surface area (Å²) in [5.41, 5.74) is 2.92. The molecule has 2 aliphatic rings. The van der Waals surface area contributed by atoms with Gasteiger partial charge in [0, 0.05) is 62.2 Å². The van der Waals surface area contributed by atoms with Crippen molar-refractivity contribution in [1.82, 2.24) is 9.29 Å². The predicted molar refractivity (Wildman–Crippen MR) is 117 cm³/mol. The number of piperazine rings is 1. The Morgan fingerprint density at radius 2 is 1.52 bits per heavy atom. The Kier molecular flexibility index (Phi) is 4.72. The van der Waals surface area contributed by atoms with Gasteiger partial charge in [-0.25, -0.2) is 12.4 Å². The number of fused-ring (bicyclic) bond motifs is 1. The zero-order valence-corrected chi connectivity index (χ0v) is 17.2. The summed E-state index contributed by atoms with van der Waals surface area (Å²) in [6.07, 6.45) is 4.08. The third-order valence-electron chi connectivity index (χ3n) is 6.00. The molecule has 2 fully saturated rings. The van der Waals surface area contributed by atoms with Crippen LogP contribution >= 0.6 is 0 Å². The quantitative estimate of drug-likeness (QED) is 0.717. The van der Waals surface area contributed by atoms with Crippen LogP contribution in [0.15, 0.2) is 59.6 Å². The second kappa shape index (κ2) is 7.39. The van der Waals surface area contributed by atoms with E-state index in [1.807, 2.05) is 30.3 Å². The third-order valence-corrected chi connectivity index (χ3v) is 7.70. The van der Waals surface area contributed by atoms with E-state index >= 15 is 0 Å². The minimum absolute atomic E-state index is 0.325. The molecule has 3 heterocycles. The highest BCUT2D eigenvalue weighted by atomic mass is 32.2. The van der Waals surface area contributed by atoms with Gasteiger partial charge in [-0.05, 0) is 55.3 Å². The summed E-state index contributed by atoms with van der Waals surface area (Å²) in [5, 5.41) is 4.34. The molecule has 1 aromatic heterocycles. The van der Waals surface area contributed by atoms with E-state index in [-0.39, 0.29) is 0 Å². The monoisotopic (exact) mass is 410 g/mol. The molecule has 0 radical (unpaired) electrons. The molecule has 3 aromatic rings. The summed E-state index contributed by atoms with van der Waals surface area (Å²) in [6.45, 7) is 5.83. The van der Waals surface area contributed by atoms with Crippen LogP contribution in [0.5, 0.6) is 0 Å². The fourth-order valence-electron chi connectivity index (χ4n) is 4.44. The lowest BCUT2D eigenvalue weighted by molar-refractivity contribution is 0.588. The standard InChI is InChI=1S/C22H26N4O2S/c27-29(28,19-8-6-18(7-9-19)24-13-1-2-14-24)26-15-10-20-21(4-3-5-22(20)26)25-16-11-23-12-17-25/h3-10,15,23H,1-2,11-14,16-17H2. The third kappa shape index (κ3) is 3.28. The first kappa shape index (κ1) is 18.5. The van der Waals surface area contributed by atoms with Crippen LogP contribution in [0.3, 0.4) is 0 Å². The van der Waals surface area contributed by atoms with E-state index in [0.29, 0.717) is 4.90 Å². The van der Waals surface area contributed by atoms with Crippen LogP contribution in [-0.2, 0) is 10.0 Å². The number of hydrogen-bond acceptors (Lipinski definition) is 5. The summed E-state index contributed by atoms with van der Waals surface area (Å²) in [7, 11) is -3.64. The molecule has 0 saturated carbocycles. The van der Waals surface area contributed by atoms with E-state index in [1.54, 1.807) is 18.3 Å². The number of benzene rings is 2. The summed E-state index contributed by atoms with van der Waals surface area (Å²) >= 11 is 0. The SMILES string of the molecule is O=S(=O)(c1ccc(N2CCCC2)cc1)n1ccc2c(N3CCNCC3)cccc21. The average molecular weight is 411 g/mol. The molecule has 29 heavy (non-hydrogen) atoms. The topological polar surface area (TPSA) is 57.6 Å². The maximum atomic E-state index is 13.4. The minimum atomic E-state index is -3.64. The van der Waals surface area contributed by atoms with E-state index in [1.165, 1.54) is 16.8 Å².